The van der Waals surface area contributed by atoms with Gasteiger partial charge in [-0.05, 0) is 54.3 Å². The first kappa shape index (κ1) is 19.4. The minimum atomic E-state index is -0.197. The first-order valence-electron chi connectivity index (χ1n) is 9.30. The van der Waals surface area contributed by atoms with Gasteiger partial charge in [-0.3, -0.25) is 9.59 Å². The minimum absolute atomic E-state index is 0.197. The SMILES string of the molecule is Cc1ccccc1CNC(=O)c1cccc(C(=O)NCc2ccccc2C)c1. The van der Waals surface area contributed by atoms with Crippen LogP contribution in [0.4, 0.5) is 0 Å². The molecule has 0 heterocycles. The second-order valence-corrected chi connectivity index (χ2v) is 6.80. The van der Waals surface area contributed by atoms with Gasteiger partial charge in [0, 0.05) is 24.2 Å². The molecule has 3 aromatic carbocycles. The lowest BCUT2D eigenvalue weighted by Crippen LogP contribution is -2.25. The molecule has 28 heavy (non-hydrogen) atoms. The van der Waals surface area contributed by atoms with Gasteiger partial charge in [0.1, 0.15) is 0 Å². The summed E-state index contributed by atoms with van der Waals surface area (Å²) in [5.41, 5.74) is 5.35. The molecule has 4 heteroatoms. The summed E-state index contributed by atoms with van der Waals surface area (Å²) in [6.07, 6.45) is 0. The summed E-state index contributed by atoms with van der Waals surface area (Å²) in [5.74, 6) is -0.395. The Hall–Kier alpha value is -3.40. The highest BCUT2D eigenvalue weighted by Crippen LogP contribution is 2.10. The predicted octanol–water partition coefficient (Wildman–Crippen LogP) is 4.16. The van der Waals surface area contributed by atoms with Crippen molar-refractivity contribution in [3.8, 4) is 0 Å². The summed E-state index contributed by atoms with van der Waals surface area (Å²) in [5, 5.41) is 5.83. The lowest BCUT2D eigenvalue weighted by Gasteiger charge is -2.10. The third-order valence-electron chi connectivity index (χ3n) is 4.79. The number of rotatable bonds is 6. The van der Waals surface area contributed by atoms with Crippen LogP contribution in [0.3, 0.4) is 0 Å². The fourth-order valence-corrected chi connectivity index (χ4v) is 2.97. The molecule has 0 aliphatic carbocycles. The first-order chi connectivity index (χ1) is 13.5. The molecule has 0 atom stereocenters. The Balaban J connectivity index is 1.62. The Kier molecular flexibility index (Phi) is 6.22. The summed E-state index contributed by atoms with van der Waals surface area (Å²) < 4.78 is 0. The molecule has 142 valence electrons. The van der Waals surface area contributed by atoms with Gasteiger partial charge in [0.15, 0.2) is 0 Å². The summed E-state index contributed by atoms with van der Waals surface area (Å²) in [6, 6.07) is 22.6. The molecule has 2 amide bonds. The van der Waals surface area contributed by atoms with Crippen molar-refractivity contribution in [3.05, 3.63) is 106 Å². The zero-order chi connectivity index (χ0) is 19.9. The number of hydrogen-bond donors (Lipinski definition) is 2. The molecule has 0 aliphatic heterocycles. The van der Waals surface area contributed by atoms with E-state index < -0.39 is 0 Å². The van der Waals surface area contributed by atoms with Crippen LogP contribution in [0.2, 0.25) is 0 Å². The monoisotopic (exact) mass is 372 g/mol. The first-order valence-corrected chi connectivity index (χ1v) is 9.30. The lowest BCUT2D eigenvalue weighted by molar-refractivity contribution is 0.0950. The molecule has 0 saturated carbocycles. The summed E-state index contributed by atoms with van der Waals surface area (Å²) >= 11 is 0. The van der Waals surface area contributed by atoms with Crippen molar-refractivity contribution in [1.29, 1.82) is 0 Å². The van der Waals surface area contributed by atoms with Crippen LogP contribution in [-0.4, -0.2) is 11.8 Å². The molecule has 0 unspecified atom stereocenters. The fraction of sp³-hybridized carbons (Fsp3) is 0.167. The molecule has 0 aromatic heterocycles. The Morgan fingerprint density at radius 1 is 0.643 bits per heavy atom. The minimum Gasteiger partial charge on any atom is -0.348 e. The third kappa shape index (κ3) is 4.86. The number of benzene rings is 3. The van der Waals surface area contributed by atoms with Gasteiger partial charge in [-0.2, -0.15) is 0 Å². The fourth-order valence-electron chi connectivity index (χ4n) is 2.97. The molecule has 0 saturated heterocycles. The predicted molar refractivity (Wildman–Crippen MR) is 111 cm³/mol. The third-order valence-corrected chi connectivity index (χ3v) is 4.79. The second kappa shape index (κ2) is 9.00. The molecular formula is C24H24N2O2. The number of carbonyl (C=O) groups is 2. The van der Waals surface area contributed by atoms with Crippen molar-refractivity contribution in [2.75, 3.05) is 0 Å². The largest absolute Gasteiger partial charge is 0.348 e. The van der Waals surface area contributed by atoms with E-state index in [-0.39, 0.29) is 11.8 Å². The Morgan fingerprint density at radius 3 is 1.50 bits per heavy atom. The van der Waals surface area contributed by atoms with Gasteiger partial charge in [0.05, 0.1) is 0 Å². The molecule has 3 aromatic rings. The van der Waals surface area contributed by atoms with Crippen molar-refractivity contribution in [3.63, 3.8) is 0 Å². The van der Waals surface area contributed by atoms with E-state index in [0.717, 1.165) is 22.3 Å². The molecule has 4 nitrogen and oxygen atoms in total. The number of hydrogen-bond acceptors (Lipinski definition) is 2. The summed E-state index contributed by atoms with van der Waals surface area (Å²) in [4.78, 5) is 25.0. The molecule has 2 N–H and O–H groups in total. The maximum Gasteiger partial charge on any atom is 0.251 e. The Labute approximate surface area is 165 Å². The molecule has 3 rings (SSSR count). The van der Waals surface area contributed by atoms with E-state index in [9.17, 15) is 9.59 Å². The topological polar surface area (TPSA) is 58.2 Å². The van der Waals surface area contributed by atoms with Gasteiger partial charge in [-0.1, -0.05) is 54.6 Å². The van der Waals surface area contributed by atoms with E-state index in [1.54, 1.807) is 24.3 Å². The van der Waals surface area contributed by atoms with Gasteiger partial charge < -0.3 is 10.6 Å². The molecule has 0 fully saturated rings. The maximum absolute atomic E-state index is 12.5. The van der Waals surface area contributed by atoms with Gasteiger partial charge in [0.2, 0.25) is 0 Å². The van der Waals surface area contributed by atoms with Crippen LogP contribution in [0.15, 0.2) is 72.8 Å². The number of carbonyl (C=O) groups excluding carboxylic acids is 2. The van der Waals surface area contributed by atoms with Crippen LogP contribution in [0.1, 0.15) is 43.0 Å². The van der Waals surface area contributed by atoms with Crippen molar-refractivity contribution in [1.82, 2.24) is 10.6 Å². The zero-order valence-electron chi connectivity index (χ0n) is 16.2. The van der Waals surface area contributed by atoms with E-state index in [1.807, 2.05) is 62.4 Å². The van der Waals surface area contributed by atoms with Crippen molar-refractivity contribution in [2.45, 2.75) is 26.9 Å². The quantitative estimate of drug-likeness (QED) is 0.682. The van der Waals surface area contributed by atoms with Crippen molar-refractivity contribution in [2.24, 2.45) is 0 Å². The van der Waals surface area contributed by atoms with Crippen LogP contribution in [0.5, 0.6) is 0 Å². The molecule has 0 aliphatic rings. The smallest absolute Gasteiger partial charge is 0.251 e. The lowest BCUT2D eigenvalue weighted by atomic mass is 10.1. The van der Waals surface area contributed by atoms with E-state index in [2.05, 4.69) is 10.6 Å². The Bertz CT molecular complexity index is 918. The van der Waals surface area contributed by atoms with Gasteiger partial charge in [-0.15, -0.1) is 0 Å². The molecular weight excluding hydrogens is 348 g/mol. The highest BCUT2D eigenvalue weighted by Gasteiger charge is 2.11. The number of nitrogens with one attached hydrogen (secondary N) is 2. The van der Waals surface area contributed by atoms with Gasteiger partial charge in [-0.25, -0.2) is 0 Å². The highest BCUT2D eigenvalue weighted by molar-refractivity contribution is 5.99. The van der Waals surface area contributed by atoms with E-state index in [0.29, 0.717) is 24.2 Å². The van der Waals surface area contributed by atoms with Crippen molar-refractivity contribution < 1.29 is 9.59 Å². The Morgan fingerprint density at radius 2 is 1.07 bits per heavy atom. The second-order valence-electron chi connectivity index (χ2n) is 6.80. The average molecular weight is 372 g/mol. The van der Waals surface area contributed by atoms with Crippen LogP contribution in [0.25, 0.3) is 0 Å². The van der Waals surface area contributed by atoms with E-state index in [1.165, 1.54) is 0 Å². The number of aryl methyl sites for hydroxylation is 2. The van der Waals surface area contributed by atoms with Crippen LogP contribution < -0.4 is 10.6 Å². The average Bonchev–Trinajstić information content (AvgIpc) is 2.72. The zero-order valence-corrected chi connectivity index (χ0v) is 16.2. The van der Waals surface area contributed by atoms with Crippen molar-refractivity contribution >= 4 is 11.8 Å². The standard InChI is InChI=1S/C24H24N2O2/c1-17-8-3-5-10-21(17)15-25-23(27)19-12-7-13-20(14-19)24(28)26-16-22-11-6-4-9-18(22)2/h3-14H,15-16H2,1-2H3,(H,25,27)(H,26,28). The molecule has 0 radical (unpaired) electrons. The summed E-state index contributed by atoms with van der Waals surface area (Å²) in [7, 11) is 0. The normalized spacial score (nSPS) is 10.4. The molecule has 0 spiro atoms. The maximum atomic E-state index is 12.5. The van der Waals surface area contributed by atoms with Gasteiger partial charge >= 0.3 is 0 Å². The van der Waals surface area contributed by atoms with Gasteiger partial charge in [0.25, 0.3) is 11.8 Å². The van der Waals surface area contributed by atoms with E-state index >= 15 is 0 Å². The van der Waals surface area contributed by atoms with E-state index in [4.69, 9.17) is 0 Å². The highest BCUT2D eigenvalue weighted by atomic mass is 16.2. The summed E-state index contributed by atoms with van der Waals surface area (Å²) in [6.45, 7) is 4.94. The number of amides is 2. The van der Waals surface area contributed by atoms with Crippen LogP contribution in [0, 0.1) is 13.8 Å². The van der Waals surface area contributed by atoms with Crippen LogP contribution in [-0.2, 0) is 13.1 Å². The van der Waals surface area contributed by atoms with Crippen LogP contribution >= 0.6 is 0 Å². The molecule has 0 bridgehead atoms.